The second-order valence-electron chi connectivity index (χ2n) is 1.89. The average Bonchev–Trinajstić information content (AvgIpc) is 2.01. The van der Waals surface area contributed by atoms with Crippen LogP contribution < -0.4 is 0 Å². The molecule has 5 heteroatoms. The van der Waals surface area contributed by atoms with Crippen LogP contribution in [0.25, 0.3) is 10.4 Å². The van der Waals surface area contributed by atoms with Gasteiger partial charge in [0.1, 0.15) is 0 Å². The first-order valence-corrected chi connectivity index (χ1v) is 3.18. The molecule has 0 aromatic heterocycles. The normalized spacial score (nSPS) is 11.7. The third-order valence-corrected chi connectivity index (χ3v) is 0.902. The topological polar surface area (TPSA) is 78.2 Å². The molecular weight excluding hydrogens is 146 g/mol. The maximum absolute atomic E-state index is 8.98. The molecule has 0 saturated heterocycles. The first-order chi connectivity index (χ1) is 5.31. The molecule has 0 spiro atoms. The van der Waals surface area contributed by atoms with E-state index in [1.807, 2.05) is 0 Å². The SMILES string of the molecule is C=CCOC[C@H](O)CN=[N+]=[N-]. The monoisotopic (exact) mass is 157 g/mol. The molecule has 11 heavy (non-hydrogen) atoms. The molecule has 0 aromatic carbocycles. The van der Waals surface area contributed by atoms with Crippen LogP contribution in [0.4, 0.5) is 0 Å². The number of hydrogen-bond donors (Lipinski definition) is 1. The quantitative estimate of drug-likeness (QED) is 0.204. The summed E-state index contributed by atoms with van der Waals surface area (Å²) in [6.45, 7) is 4.05. The molecule has 0 aliphatic heterocycles. The van der Waals surface area contributed by atoms with Crippen LogP contribution >= 0.6 is 0 Å². The number of ether oxygens (including phenoxy) is 1. The summed E-state index contributed by atoms with van der Waals surface area (Å²) in [7, 11) is 0. The molecule has 1 N–H and O–H groups in total. The van der Waals surface area contributed by atoms with E-state index in [1.54, 1.807) is 6.08 Å². The first kappa shape index (κ1) is 9.97. The van der Waals surface area contributed by atoms with Crippen LogP contribution in [0.3, 0.4) is 0 Å². The minimum Gasteiger partial charge on any atom is -0.391 e. The number of aliphatic hydroxyl groups excluding tert-OH is 1. The lowest BCUT2D eigenvalue weighted by Crippen LogP contribution is -2.18. The predicted molar refractivity (Wildman–Crippen MR) is 41.0 cm³/mol. The molecule has 0 saturated carbocycles. The van der Waals surface area contributed by atoms with Gasteiger partial charge in [0.05, 0.1) is 25.9 Å². The van der Waals surface area contributed by atoms with Gasteiger partial charge < -0.3 is 9.84 Å². The maximum atomic E-state index is 8.98. The second kappa shape index (κ2) is 7.08. The van der Waals surface area contributed by atoms with E-state index in [0.717, 1.165) is 0 Å². The van der Waals surface area contributed by atoms with Crippen molar-refractivity contribution >= 4 is 0 Å². The van der Waals surface area contributed by atoms with Gasteiger partial charge in [0.25, 0.3) is 0 Å². The molecular formula is C6H11N3O2. The number of hydrogen-bond acceptors (Lipinski definition) is 3. The van der Waals surface area contributed by atoms with E-state index in [0.29, 0.717) is 6.61 Å². The summed E-state index contributed by atoms with van der Waals surface area (Å²) in [6, 6.07) is 0. The lowest BCUT2D eigenvalue weighted by molar-refractivity contribution is 0.0544. The molecule has 5 nitrogen and oxygen atoms in total. The van der Waals surface area contributed by atoms with E-state index in [-0.39, 0.29) is 13.2 Å². The minimum atomic E-state index is -0.717. The lowest BCUT2D eigenvalue weighted by Gasteiger charge is -2.05. The van der Waals surface area contributed by atoms with Gasteiger partial charge in [-0.25, -0.2) is 0 Å². The number of azide groups is 1. The molecule has 0 unspecified atom stereocenters. The Balaban J connectivity index is 3.28. The zero-order valence-electron chi connectivity index (χ0n) is 6.18. The Bertz CT molecular complexity index is 154. The summed E-state index contributed by atoms with van der Waals surface area (Å²) in [5, 5.41) is 12.2. The molecule has 0 aliphatic carbocycles. The average molecular weight is 157 g/mol. The molecule has 0 aromatic rings. The van der Waals surface area contributed by atoms with Crippen LogP contribution in [0.5, 0.6) is 0 Å². The first-order valence-electron chi connectivity index (χ1n) is 3.18. The third kappa shape index (κ3) is 6.86. The minimum absolute atomic E-state index is 0.0492. The molecule has 0 fully saturated rings. The van der Waals surface area contributed by atoms with Crippen LogP contribution in [0.2, 0.25) is 0 Å². The van der Waals surface area contributed by atoms with Crippen molar-refractivity contribution in [1.82, 2.24) is 0 Å². The van der Waals surface area contributed by atoms with Gasteiger partial charge in [-0.05, 0) is 5.53 Å². The summed E-state index contributed by atoms with van der Waals surface area (Å²) in [5.41, 5.74) is 7.88. The largest absolute Gasteiger partial charge is 0.391 e. The van der Waals surface area contributed by atoms with Crippen molar-refractivity contribution in [3.05, 3.63) is 23.1 Å². The Hall–Kier alpha value is -1.03. The maximum Gasteiger partial charge on any atom is 0.0830 e. The van der Waals surface area contributed by atoms with E-state index >= 15 is 0 Å². The summed E-state index contributed by atoms with van der Waals surface area (Å²) >= 11 is 0. The predicted octanol–water partition coefficient (Wildman–Crippen LogP) is 0.860. The van der Waals surface area contributed by atoms with E-state index < -0.39 is 6.10 Å². The third-order valence-electron chi connectivity index (χ3n) is 0.902. The Morgan fingerprint density at radius 3 is 3.09 bits per heavy atom. The van der Waals surface area contributed by atoms with Gasteiger partial charge >= 0.3 is 0 Å². The van der Waals surface area contributed by atoms with Gasteiger partial charge in [-0.1, -0.05) is 11.2 Å². The Kier molecular flexibility index (Phi) is 6.42. The zero-order valence-corrected chi connectivity index (χ0v) is 6.18. The van der Waals surface area contributed by atoms with Gasteiger partial charge in [0, 0.05) is 4.91 Å². The summed E-state index contributed by atoms with van der Waals surface area (Å²) in [6.07, 6.45) is 0.867. The Labute approximate surface area is 64.9 Å². The van der Waals surface area contributed by atoms with Gasteiger partial charge in [0.2, 0.25) is 0 Å². The fraction of sp³-hybridized carbons (Fsp3) is 0.667. The van der Waals surface area contributed by atoms with Gasteiger partial charge in [-0.15, -0.1) is 6.58 Å². The summed E-state index contributed by atoms with van der Waals surface area (Å²) < 4.78 is 4.89. The van der Waals surface area contributed by atoms with Gasteiger partial charge in [-0.3, -0.25) is 0 Å². The van der Waals surface area contributed by atoms with Crippen molar-refractivity contribution in [2.75, 3.05) is 19.8 Å². The van der Waals surface area contributed by atoms with Gasteiger partial charge in [0.15, 0.2) is 0 Å². The van der Waals surface area contributed by atoms with Crippen molar-refractivity contribution in [1.29, 1.82) is 0 Å². The van der Waals surface area contributed by atoms with Crippen molar-refractivity contribution in [3.8, 4) is 0 Å². The van der Waals surface area contributed by atoms with Crippen LogP contribution in [-0.4, -0.2) is 31.0 Å². The van der Waals surface area contributed by atoms with Crippen molar-refractivity contribution in [3.63, 3.8) is 0 Å². The summed E-state index contributed by atoms with van der Waals surface area (Å²) in [5.74, 6) is 0. The standard InChI is InChI=1S/C6H11N3O2/c1-2-3-11-5-6(10)4-8-9-7/h2,6,10H,1,3-5H2/t6-/m1/s1. The summed E-state index contributed by atoms with van der Waals surface area (Å²) in [4.78, 5) is 2.49. The van der Waals surface area contributed by atoms with Crippen LogP contribution in [-0.2, 0) is 4.74 Å². The van der Waals surface area contributed by atoms with E-state index in [1.165, 1.54) is 0 Å². The van der Waals surface area contributed by atoms with Crippen LogP contribution in [0.1, 0.15) is 0 Å². The Morgan fingerprint density at radius 2 is 2.55 bits per heavy atom. The molecule has 0 heterocycles. The molecule has 0 rings (SSSR count). The molecule has 62 valence electrons. The smallest absolute Gasteiger partial charge is 0.0830 e. The van der Waals surface area contributed by atoms with Crippen LogP contribution in [0, 0.1) is 0 Å². The van der Waals surface area contributed by atoms with Crippen molar-refractivity contribution < 1.29 is 9.84 Å². The zero-order chi connectivity index (χ0) is 8.53. The lowest BCUT2D eigenvalue weighted by atomic mass is 10.4. The fourth-order valence-corrected chi connectivity index (χ4v) is 0.471. The highest BCUT2D eigenvalue weighted by Gasteiger charge is 2.00. The highest BCUT2D eigenvalue weighted by Crippen LogP contribution is 1.87. The molecule has 0 bridgehead atoms. The van der Waals surface area contributed by atoms with E-state index in [4.69, 9.17) is 15.4 Å². The van der Waals surface area contributed by atoms with Crippen molar-refractivity contribution in [2.24, 2.45) is 5.11 Å². The number of aliphatic hydroxyl groups is 1. The van der Waals surface area contributed by atoms with E-state index in [9.17, 15) is 0 Å². The van der Waals surface area contributed by atoms with Crippen molar-refractivity contribution in [2.45, 2.75) is 6.10 Å². The molecule has 0 radical (unpaired) electrons. The number of rotatable bonds is 6. The highest BCUT2D eigenvalue weighted by atomic mass is 16.5. The Morgan fingerprint density at radius 1 is 1.82 bits per heavy atom. The number of nitrogens with zero attached hydrogens (tertiary/aromatic N) is 3. The second-order valence-corrected chi connectivity index (χ2v) is 1.89. The molecule has 1 atom stereocenters. The fourth-order valence-electron chi connectivity index (χ4n) is 0.471. The van der Waals surface area contributed by atoms with Crippen LogP contribution in [0.15, 0.2) is 17.8 Å². The van der Waals surface area contributed by atoms with E-state index in [2.05, 4.69) is 16.6 Å². The molecule has 0 aliphatic rings. The molecule has 0 amide bonds. The van der Waals surface area contributed by atoms with Gasteiger partial charge in [-0.2, -0.15) is 0 Å². The highest BCUT2D eigenvalue weighted by molar-refractivity contribution is 4.65.